The Morgan fingerprint density at radius 3 is 2.15 bits per heavy atom. The van der Waals surface area contributed by atoms with Crippen molar-refractivity contribution in [3.05, 3.63) is 0 Å². The van der Waals surface area contributed by atoms with E-state index in [1.54, 1.807) is 20.8 Å². The summed E-state index contributed by atoms with van der Waals surface area (Å²) in [6.45, 7) is 6.84. The smallest absolute Gasteiger partial charge is 0.480 e. The van der Waals surface area contributed by atoms with Crippen LogP contribution in [0.25, 0.3) is 0 Å². The van der Waals surface area contributed by atoms with Crippen molar-refractivity contribution in [3.8, 4) is 0 Å². The number of nitrogens with two attached hydrogens (primary N) is 1. The molecule has 0 aliphatic rings. The summed E-state index contributed by atoms with van der Waals surface area (Å²) in [5.41, 5.74) is 3.05. The van der Waals surface area contributed by atoms with E-state index in [4.69, 9.17) is 5.73 Å². The maximum atomic E-state index is 11.6. The number of ether oxygens (including phenoxy) is 2. The third-order valence-electron chi connectivity index (χ3n) is 3.06. The van der Waals surface area contributed by atoms with Crippen LogP contribution in [0.1, 0.15) is 47.0 Å². The molecule has 0 aromatic carbocycles. The summed E-state index contributed by atoms with van der Waals surface area (Å²) in [6, 6.07) is 0. The highest BCUT2D eigenvalue weighted by Gasteiger charge is 2.47. The molecule has 0 fully saturated rings. The molecule has 7 heteroatoms. The second kappa shape index (κ2) is 7.23. The van der Waals surface area contributed by atoms with Gasteiger partial charge in [-0.25, -0.2) is 4.79 Å². The highest BCUT2D eigenvalue weighted by molar-refractivity contribution is 5.89. The number of unbranched alkanes of at least 4 members (excludes halogenated alkanes) is 1. The van der Waals surface area contributed by atoms with Crippen molar-refractivity contribution in [1.29, 1.82) is 0 Å². The molecule has 0 aliphatic carbocycles. The summed E-state index contributed by atoms with van der Waals surface area (Å²) in [6.07, 6.45) is -0.267. The fourth-order valence-electron chi connectivity index (χ4n) is 1.35. The van der Waals surface area contributed by atoms with Crippen molar-refractivity contribution in [2.24, 2.45) is 11.1 Å². The van der Waals surface area contributed by atoms with Crippen LogP contribution in [0.2, 0.25) is 0 Å². The highest BCUT2D eigenvalue weighted by Crippen LogP contribution is 2.31. The van der Waals surface area contributed by atoms with Gasteiger partial charge in [-0.15, -0.1) is 0 Å². The Bertz CT molecular complexity index is 374. The van der Waals surface area contributed by atoms with Crippen LogP contribution in [-0.2, 0) is 19.1 Å². The Morgan fingerprint density at radius 1 is 1.20 bits per heavy atom. The monoisotopic (exact) mass is 289 g/mol. The van der Waals surface area contributed by atoms with Gasteiger partial charge in [-0.1, -0.05) is 34.1 Å². The zero-order valence-electron chi connectivity index (χ0n) is 12.4. The predicted molar refractivity (Wildman–Crippen MR) is 71.0 cm³/mol. The minimum Gasteiger partial charge on any atom is -0.480 e. The molecule has 0 amide bonds. The summed E-state index contributed by atoms with van der Waals surface area (Å²) in [5.74, 6) is -2.35. The zero-order chi connectivity index (χ0) is 16.0. The maximum absolute atomic E-state index is 11.6. The molecule has 0 aromatic rings. The lowest BCUT2D eigenvalue weighted by molar-refractivity contribution is -0.155. The van der Waals surface area contributed by atoms with E-state index in [0.29, 0.717) is 6.42 Å². The summed E-state index contributed by atoms with van der Waals surface area (Å²) >= 11 is 0. The number of carbonyl (C=O) groups excluding carboxylic acids is 2. The zero-order valence-corrected chi connectivity index (χ0v) is 12.4. The van der Waals surface area contributed by atoms with Crippen LogP contribution in [0.3, 0.4) is 0 Å². The minimum atomic E-state index is -1.83. The molecule has 1 atom stereocenters. The van der Waals surface area contributed by atoms with E-state index in [9.17, 15) is 19.5 Å². The molecule has 0 saturated carbocycles. The topological polar surface area (TPSA) is 116 Å². The van der Waals surface area contributed by atoms with E-state index in [0.717, 1.165) is 6.42 Å². The molecule has 0 unspecified atom stereocenters. The molecular formula is C13H23NO6. The van der Waals surface area contributed by atoms with Crippen LogP contribution in [0.15, 0.2) is 0 Å². The first kappa shape index (κ1) is 18.4. The van der Waals surface area contributed by atoms with Gasteiger partial charge >= 0.3 is 18.1 Å². The van der Waals surface area contributed by atoms with Gasteiger partial charge in [0, 0.05) is 0 Å². The van der Waals surface area contributed by atoms with Gasteiger partial charge < -0.3 is 20.3 Å². The normalized spacial score (nSPS) is 14.2. The quantitative estimate of drug-likeness (QED) is 0.434. The molecule has 0 aromatic heterocycles. The predicted octanol–water partition coefficient (Wildman–Crippen LogP) is 1.68. The first-order valence-electron chi connectivity index (χ1n) is 6.44. The lowest BCUT2D eigenvalue weighted by Gasteiger charge is -2.36. The molecule has 0 radical (unpaired) electrons. The first-order chi connectivity index (χ1) is 9.04. The van der Waals surface area contributed by atoms with Crippen molar-refractivity contribution in [2.45, 2.75) is 52.5 Å². The van der Waals surface area contributed by atoms with E-state index >= 15 is 0 Å². The molecule has 0 bridgehead atoms. The Morgan fingerprint density at radius 2 is 1.75 bits per heavy atom. The van der Waals surface area contributed by atoms with Gasteiger partial charge in [-0.05, 0) is 11.8 Å². The molecule has 0 rings (SSSR count). The van der Waals surface area contributed by atoms with E-state index in [2.05, 4.69) is 9.47 Å². The summed E-state index contributed by atoms with van der Waals surface area (Å²) in [5, 5.41) is 9.18. The summed E-state index contributed by atoms with van der Waals surface area (Å²) < 4.78 is 9.04. The lowest BCUT2D eigenvalue weighted by Crippen LogP contribution is -2.59. The van der Waals surface area contributed by atoms with E-state index < -0.39 is 35.5 Å². The van der Waals surface area contributed by atoms with Gasteiger partial charge in [0.25, 0.3) is 0 Å². The number of aliphatic carboxylic acids is 1. The molecule has 0 spiro atoms. The standard InChI is InChI=1S/C13H23NO6/c1-5-6-7-19-11(18)20-9(15)8-13(14,10(16)17)12(2,3)4/h5-8,14H2,1-4H3,(H,16,17)/t13-/m0/s1. The Hall–Kier alpha value is -1.63. The molecule has 0 aliphatic heterocycles. The third kappa shape index (κ3) is 5.16. The fraction of sp³-hybridized carbons (Fsp3) is 0.769. The van der Waals surface area contributed by atoms with Crippen LogP contribution in [0.5, 0.6) is 0 Å². The number of carboxylic acids is 1. The number of hydrogen-bond donors (Lipinski definition) is 2. The van der Waals surface area contributed by atoms with Gasteiger partial charge in [-0.3, -0.25) is 9.59 Å². The van der Waals surface area contributed by atoms with E-state index in [1.807, 2.05) is 6.92 Å². The fourth-order valence-corrected chi connectivity index (χ4v) is 1.35. The Balaban J connectivity index is 4.57. The van der Waals surface area contributed by atoms with E-state index in [1.165, 1.54) is 0 Å². The second-order valence-electron chi connectivity index (χ2n) is 5.63. The second-order valence-corrected chi connectivity index (χ2v) is 5.63. The van der Waals surface area contributed by atoms with Gasteiger partial charge in [0.15, 0.2) is 0 Å². The van der Waals surface area contributed by atoms with Crippen LogP contribution >= 0.6 is 0 Å². The van der Waals surface area contributed by atoms with Crippen LogP contribution < -0.4 is 5.73 Å². The van der Waals surface area contributed by atoms with Gasteiger partial charge in [0.2, 0.25) is 0 Å². The van der Waals surface area contributed by atoms with Crippen molar-refractivity contribution < 1.29 is 29.0 Å². The number of rotatable bonds is 6. The SMILES string of the molecule is CCCCOC(=O)OC(=O)C[C@](N)(C(=O)O)C(C)(C)C. The molecule has 116 valence electrons. The molecule has 3 N–H and O–H groups in total. The lowest BCUT2D eigenvalue weighted by atomic mass is 9.72. The average Bonchev–Trinajstić information content (AvgIpc) is 2.26. The van der Waals surface area contributed by atoms with Crippen LogP contribution in [-0.4, -0.2) is 35.3 Å². The van der Waals surface area contributed by atoms with Crippen molar-refractivity contribution in [3.63, 3.8) is 0 Å². The van der Waals surface area contributed by atoms with Crippen LogP contribution in [0.4, 0.5) is 4.79 Å². The average molecular weight is 289 g/mol. The molecule has 20 heavy (non-hydrogen) atoms. The molecule has 7 nitrogen and oxygen atoms in total. The summed E-state index contributed by atoms with van der Waals surface area (Å²) in [7, 11) is 0. The Labute approximate surface area is 118 Å². The number of hydrogen-bond acceptors (Lipinski definition) is 6. The summed E-state index contributed by atoms with van der Waals surface area (Å²) in [4.78, 5) is 34.0. The molecular weight excluding hydrogens is 266 g/mol. The molecule has 0 saturated heterocycles. The highest BCUT2D eigenvalue weighted by atomic mass is 16.7. The van der Waals surface area contributed by atoms with Crippen molar-refractivity contribution in [1.82, 2.24) is 0 Å². The van der Waals surface area contributed by atoms with Crippen molar-refractivity contribution in [2.75, 3.05) is 6.61 Å². The number of carbonyl (C=O) groups is 3. The third-order valence-corrected chi connectivity index (χ3v) is 3.06. The molecule has 0 heterocycles. The Kier molecular flexibility index (Phi) is 6.64. The number of carboxylic acid groups (broad SMARTS) is 1. The minimum absolute atomic E-state index is 0.147. The largest absolute Gasteiger partial charge is 0.516 e. The van der Waals surface area contributed by atoms with Gasteiger partial charge in [0.05, 0.1) is 13.0 Å². The van der Waals surface area contributed by atoms with Crippen molar-refractivity contribution >= 4 is 18.1 Å². The maximum Gasteiger partial charge on any atom is 0.516 e. The van der Waals surface area contributed by atoms with Gasteiger partial charge in [0.1, 0.15) is 5.54 Å². The first-order valence-corrected chi connectivity index (χ1v) is 6.44. The van der Waals surface area contributed by atoms with Gasteiger partial charge in [-0.2, -0.15) is 0 Å². The van der Waals surface area contributed by atoms with E-state index in [-0.39, 0.29) is 6.61 Å². The number of esters is 1. The van der Waals surface area contributed by atoms with Crippen LogP contribution in [0, 0.1) is 5.41 Å².